The monoisotopic (exact) mass is 463 g/mol. The van der Waals surface area contributed by atoms with E-state index in [0.717, 1.165) is 23.2 Å². The predicted molar refractivity (Wildman–Crippen MR) is 131 cm³/mol. The number of benzene rings is 1. The predicted octanol–water partition coefficient (Wildman–Crippen LogP) is 4.10. The lowest BCUT2D eigenvalue weighted by Gasteiger charge is -2.45. The summed E-state index contributed by atoms with van der Waals surface area (Å²) in [6.45, 7) is 3.75. The minimum Gasteiger partial charge on any atom is -0.507 e. The molecule has 0 radical (unpaired) electrons. The molecule has 2 aromatic heterocycles. The number of nitrogens with one attached hydrogen (secondary N) is 1. The summed E-state index contributed by atoms with van der Waals surface area (Å²) in [6, 6.07) is 12.3. The van der Waals surface area contributed by atoms with Crippen molar-refractivity contribution in [1.82, 2.24) is 20.1 Å². The number of halogens is 1. The maximum Gasteiger partial charge on any atom is 0.253 e. The zero-order chi connectivity index (χ0) is 24.1. The van der Waals surface area contributed by atoms with E-state index in [1.54, 1.807) is 24.3 Å². The van der Waals surface area contributed by atoms with Gasteiger partial charge in [0.2, 0.25) is 0 Å². The molecule has 0 saturated carbocycles. The first-order valence-electron chi connectivity index (χ1n) is 11.6. The van der Waals surface area contributed by atoms with Crippen molar-refractivity contribution in [3.05, 3.63) is 59.0 Å². The average Bonchev–Trinajstić information content (AvgIpc) is 3.05. The maximum atomic E-state index is 12.8. The lowest BCUT2D eigenvalue weighted by atomic mass is 9.84. The van der Waals surface area contributed by atoms with Crippen LogP contribution in [0.15, 0.2) is 53.5 Å². The molecular weight excluding hydrogens is 433 g/mol. The molecule has 0 aliphatic carbocycles. The molecule has 2 saturated heterocycles. The van der Waals surface area contributed by atoms with E-state index in [4.69, 9.17) is 0 Å². The van der Waals surface area contributed by atoms with Crippen LogP contribution in [-0.2, 0) is 6.80 Å². The highest BCUT2D eigenvalue weighted by molar-refractivity contribution is 5.74. The zero-order valence-corrected chi connectivity index (χ0v) is 19.8. The third kappa shape index (κ3) is 4.07. The minimum atomic E-state index is -0.872. The molecule has 1 aromatic carbocycles. The first-order chi connectivity index (χ1) is 16.2. The number of hydrogen-bond donors (Lipinski definition) is 2. The number of pyridine rings is 1. The number of anilines is 1. The van der Waals surface area contributed by atoms with Crippen LogP contribution in [0.3, 0.4) is 0 Å². The van der Waals surface area contributed by atoms with Crippen LogP contribution in [-0.4, -0.2) is 44.0 Å². The molecule has 2 bridgehead atoms. The quantitative estimate of drug-likeness (QED) is 0.593. The minimum absolute atomic E-state index is 0.0401. The second-order valence-electron chi connectivity index (χ2n) is 10.3. The van der Waals surface area contributed by atoms with E-state index < -0.39 is 12.4 Å². The van der Waals surface area contributed by atoms with Crippen LogP contribution in [0.25, 0.3) is 22.4 Å². The number of rotatable bonds is 5. The Morgan fingerprint density at radius 2 is 1.79 bits per heavy atom. The van der Waals surface area contributed by atoms with Gasteiger partial charge in [0.15, 0.2) is 12.6 Å². The standard InChI is InChI=1S/C26H30FN5O2/c1-25-9-10-26(2,30-25)15-19(14-25)31(3)23-7-6-21(28-29-23)20-5-4-17(12-22(20)33)18-8-11-32(16-27)24(34)13-18/h4-8,11-13,19,30,33H,9-10,14-16H2,1-3H3/t19-,25-,26+. The van der Waals surface area contributed by atoms with Crippen LogP contribution in [0.4, 0.5) is 10.2 Å². The molecule has 2 aliphatic heterocycles. The average molecular weight is 464 g/mol. The van der Waals surface area contributed by atoms with Crippen LogP contribution in [0, 0.1) is 0 Å². The second-order valence-corrected chi connectivity index (χ2v) is 10.3. The molecule has 0 spiro atoms. The molecule has 34 heavy (non-hydrogen) atoms. The summed E-state index contributed by atoms with van der Waals surface area (Å²) in [4.78, 5) is 14.2. The Morgan fingerprint density at radius 3 is 2.38 bits per heavy atom. The van der Waals surface area contributed by atoms with Crippen LogP contribution >= 0.6 is 0 Å². The highest BCUT2D eigenvalue weighted by Crippen LogP contribution is 2.43. The Hall–Kier alpha value is -3.26. The third-order valence-corrected chi connectivity index (χ3v) is 7.50. The summed E-state index contributed by atoms with van der Waals surface area (Å²) in [7, 11) is 2.08. The number of alkyl halides is 1. The normalized spacial score (nSPS) is 25.9. The fourth-order valence-electron chi connectivity index (χ4n) is 5.66. The molecule has 7 nitrogen and oxygen atoms in total. The van der Waals surface area contributed by atoms with E-state index in [0.29, 0.717) is 28.4 Å². The molecule has 178 valence electrons. The Labute approximate surface area is 198 Å². The number of hydrogen-bond acceptors (Lipinski definition) is 6. The van der Waals surface area contributed by atoms with Gasteiger partial charge in [-0.1, -0.05) is 6.07 Å². The van der Waals surface area contributed by atoms with Crippen molar-refractivity contribution in [3.8, 4) is 28.1 Å². The molecular formula is C26H30FN5O2. The smallest absolute Gasteiger partial charge is 0.253 e. The van der Waals surface area contributed by atoms with Crippen LogP contribution in [0.5, 0.6) is 5.75 Å². The van der Waals surface area contributed by atoms with Gasteiger partial charge in [-0.25, -0.2) is 4.39 Å². The van der Waals surface area contributed by atoms with Crippen LogP contribution in [0.2, 0.25) is 0 Å². The van der Waals surface area contributed by atoms with Gasteiger partial charge in [0, 0.05) is 42.0 Å². The summed E-state index contributed by atoms with van der Waals surface area (Å²) in [5.41, 5.74) is 2.31. The van der Waals surface area contributed by atoms with Gasteiger partial charge < -0.3 is 15.3 Å². The lowest BCUT2D eigenvalue weighted by molar-refractivity contribution is 0.207. The third-order valence-electron chi connectivity index (χ3n) is 7.50. The largest absolute Gasteiger partial charge is 0.507 e. The summed E-state index contributed by atoms with van der Waals surface area (Å²) >= 11 is 0. The van der Waals surface area contributed by atoms with Crippen molar-refractivity contribution in [3.63, 3.8) is 0 Å². The van der Waals surface area contributed by atoms with Crippen molar-refractivity contribution in [2.75, 3.05) is 11.9 Å². The van der Waals surface area contributed by atoms with Gasteiger partial charge in [-0.2, -0.15) is 0 Å². The number of piperidine rings is 1. The van der Waals surface area contributed by atoms with E-state index in [2.05, 4.69) is 41.3 Å². The van der Waals surface area contributed by atoms with Crippen molar-refractivity contribution in [2.24, 2.45) is 0 Å². The number of aromatic hydroxyl groups is 1. The Kier molecular flexibility index (Phi) is 5.43. The fraction of sp³-hybridized carbons (Fsp3) is 0.423. The van der Waals surface area contributed by atoms with Gasteiger partial charge in [-0.3, -0.25) is 9.36 Å². The number of phenolic OH excluding ortho intramolecular Hbond substituents is 1. The summed E-state index contributed by atoms with van der Waals surface area (Å²) in [6.07, 6.45) is 5.94. The van der Waals surface area contributed by atoms with Crippen LogP contribution in [0.1, 0.15) is 39.5 Å². The Morgan fingerprint density at radius 1 is 1.09 bits per heavy atom. The molecule has 0 unspecified atom stereocenters. The zero-order valence-electron chi connectivity index (χ0n) is 19.8. The first kappa shape index (κ1) is 22.5. The molecule has 2 fully saturated rings. The fourth-order valence-corrected chi connectivity index (χ4v) is 5.66. The van der Waals surface area contributed by atoms with E-state index in [1.165, 1.54) is 25.1 Å². The van der Waals surface area contributed by atoms with E-state index in [9.17, 15) is 14.3 Å². The topological polar surface area (TPSA) is 83.3 Å². The molecule has 4 heterocycles. The summed E-state index contributed by atoms with van der Waals surface area (Å²) in [5, 5.41) is 23.3. The van der Waals surface area contributed by atoms with Gasteiger partial charge in [-0.15, -0.1) is 10.2 Å². The SMILES string of the molecule is CN(c1ccc(-c2ccc(-c3ccn(CF)c(=O)c3)cc2O)nn1)[C@H]1C[C@]2(C)CC[C@](C)(C1)N2. The van der Waals surface area contributed by atoms with Gasteiger partial charge in [0.1, 0.15) is 5.75 Å². The molecule has 8 heteroatoms. The van der Waals surface area contributed by atoms with Gasteiger partial charge in [0.05, 0.1) is 5.69 Å². The van der Waals surface area contributed by atoms with E-state index in [-0.39, 0.29) is 16.8 Å². The Balaban J connectivity index is 1.35. The Bertz CT molecular complexity index is 1260. The number of fused-ring (bicyclic) bond motifs is 2. The molecule has 3 aromatic rings. The van der Waals surface area contributed by atoms with Gasteiger partial charge >= 0.3 is 0 Å². The molecule has 2 N–H and O–H groups in total. The highest BCUT2D eigenvalue weighted by Gasteiger charge is 2.49. The van der Waals surface area contributed by atoms with E-state index >= 15 is 0 Å². The highest BCUT2D eigenvalue weighted by atomic mass is 19.1. The number of nitrogens with zero attached hydrogens (tertiary/aromatic N) is 4. The maximum absolute atomic E-state index is 12.8. The molecule has 5 rings (SSSR count). The summed E-state index contributed by atoms with van der Waals surface area (Å²) < 4.78 is 13.8. The molecule has 2 aliphatic rings. The van der Waals surface area contributed by atoms with Gasteiger partial charge in [0.25, 0.3) is 5.56 Å². The summed E-state index contributed by atoms with van der Waals surface area (Å²) in [5.74, 6) is 0.852. The lowest BCUT2D eigenvalue weighted by Crippen LogP contribution is -2.58. The first-order valence-corrected chi connectivity index (χ1v) is 11.6. The number of phenols is 1. The van der Waals surface area contributed by atoms with E-state index in [1.807, 2.05) is 12.1 Å². The second kappa shape index (κ2) is 8.20. The van der Waals surface area contributed by atoms with Gasteiger partial charge in [-0.05, 0) is 81.0 Å². The van der Waals surface area contributed by atoms with Crippen molar-refractivity contribution in [1.29, 1.82) is 0 Å². The van der Waals surface area contributed by atoms with Crippen molar-refractivity contribution < 1.29 is 9.50 Å². The van der Waals surface area contributed by atoms with Crippen molar-refractivity contribution >= 4 is 5.82 Å². The van der Waals surface area contributed by atoms with Crippen LogP contribution < -0.4 is 15.8 Å². The molecule has 3 atom stereocenters. The van der Waals surface area contributed by atoms with Crippen molar-refractivity contribution in [2.45, 2.75) is 63.4 Å². The number of aromatic nitrogens is 3. The molecule has 0 amide bonds.